The van der Waals surface area contributed by atoms with E-state index in [1.165, 1.54) is 37.2 Å². The van der Waals surface area contributed by atoms with Crippen molar-refractivity contribution in [2.24, 2.45) is 5.92 Å². The zero-order valence-electron chi connectivity index (χ0n) is 25.1. The highest BCUT2D eigenvalue weighted by Crippen LogP contribution is 2.38. The van der Waals surface area contributed by atoms with E-state index in [1.54, 1.807) is 37.3 Å². The summed E-state index contributed by atoms with van der Waals surface area (Å²) in [7, 11) is 1.50. The van der Waals surface area contributed by atoms with Crippen LogP contribution in [0.2, 0.25) is 0 Å². The van der Waals surface area contributed by atoms with Gasteiger partial charge in [-0.05, 0) is 80.6 Å². The summed E-state index contributed by atoms with van der Waals surface area (Å²) in [5.41, 5.74) is 3.63. The van der Waals surface area contributed by atoms with E-state index < -0.39 is 6.16 Å². The van der Waals surface area contributed by atoms with Crippen molar-refractivity contribution in [3.63, 3.8) is 0 Å². The molecule has 43 heavy (non-hydrogen) atoms. The summed E-state index contributed by atoms with van der Waals surface area (Å²) in [5, 5.41) is 2.98. The minimum Gasteiger partial charge on any atom is -0.493 e. The first-order chi connectivity index (χ1) is 21.1. The smallest absolute Gasteiger partial charge is 0.493 e. The van der Waals surface area contributed by atoms with Gasteiger partial charge in [-0.1, -0.05) is 85.0 Å². The molecule has 0 aromatic heterocycles. The number of hydrogen-bond donors (Lipinski definition) is 1. The van der Waals surface area contributed by atoms with Gasteiger partial charge in [-0.3, -0.25) is 4.79 Å². The summed E-state index contributed by atoms with van der Waals surface area (Å²) in [5.74, 6) is 1.62. The van der Waals surface area contributed by atoms with Crippen molar-refractivity contribution >= 4 is 18.1 Å². The SMILES string of the molecule is CCOC(=O)Oc1ccc(C=CC=CC(=O)NCCCN2CCC(C(c3ccccc3)c3ccccc3)CC2)cc1OC. The highest BCUT2D eigenvalue weighted by atomic mass is 16.7. The molecule has 1 aliphatic rings. The number of carbonyl (C=O) groups is 2. The Morgan fingerprint density at radius 1 is 0.930 bits per heavy atom. The molecular formula is C36H42N2O5. The molecule has 0 aliphatic carbocycles. The van der Waals surface area contributed by atoms with Crippen LogP contribution in [0, 0.1) is 5.92 Å². The Hall–Kier alpha value is -4.36. The van der Waals surface area contributed by atoms with Crippen LogP contribution in [0.1, 0.15) is 48.8 Å². The fourth-order valence-corrected chi connectivity index (χ4v) is 5.56. The van der Waals surface area contributed by atoms with Gasteiger partial charge in [-0.25, -0.2) is 4.79 Å². The van der Waals surface area contributed by atoms with Gasteiger partial charge < -0.3 is 24.4 Å². The number of methoxy groups -OCH3 is 1. The molecule has 0 atom stereocenters. The molecule has 4 rings (SSSR count). The number of carbonyl (C=O) groups excluding carboxylic acids is 2. The highest BCUT2D eigenvalue weighted by Gasteiger charge is 2.28. The summed E-state index contributed by atoms with van der Waals surface area (Å²) in [4.78, 5) is 26.4. The molecule has 1 heterocycles. The monoisotopic (exact) mass is 582 g/mol. The van der Waals surface area contributed by atoms with Crippen LogP contribution in [0.5, 0.6) is 11.5 Å². The van der Waals surface area contributed by atoms with Crippen LogP contribution in [0.3, 0.4) is 0 Å². The minimum absolute atomic E-state index is 0.118. The normalized spacial score (nSPS) is 14.3. The highest BCUT2D eigenvalue weighted by molar-refractivity contribution is 5.87. The molecular weight excluding hydrogens is 540 g/mol. The number of hydrogen-bond acceptors (Lipinski definition) is 6. The average molecular weight is 583 g/mol. The number of nitrogens with zero attached hydrogens (tertiary/aromatic N) is 1. The molecule has 7 heteroatoms. The lowest BCUT2D eigenvalue weighted by molar-refractivity contribution is -0.116. The summed E-state index contributed by atoms with van der Waals surface area (Å²) >= 11 is 0. The summed E-state index contributed by atoms with van der Waals surface area (Å²) < 4.78 is 15.3. The van der Waals surface area contributed by atoms with Crippen LogP contribution in [0.25, 0.3) is 6.08 Å². The van der Waals surface area contributed by atoms with Gasteiger partial charge in [0.05, 0.1) is 13.7 Å². The van der Waals surface area contributed by atoms with Gasteiger partial charge in [0, 0.05) is 18.5 Å². The third kappa shape index (κ3) is 9.86. The van der Waals surface area contributed by atoms with Crippen molar-refractivity contribution in [1.29, 1.82) is 0 Å². The van der Waals surface area contributed by atoms with Crippen molar-refractivity contribution in [3.05, 3.63) is 114 Å². The van der Waals surface area contributed by atoms with E-state index in [1.807, 2.05) is 6.08 Å². The maximum absolute atomic E-state index is 12.3. The van der Waals surface area contributed by atoms with Crippen LogP contribution in [0.4, 0.5) is 4.79 Å². The topological polar surface area (TPSA) is 77.1 Å². The fraction of sp³-hybridized carbons (Fsp3) is 0.333. The molecule has 1 N–H and O–H groups in total. The van der Waals surface area contributed by atoms with Crippen LogP contribution in [0.15, 0.2) is 97.1 Å². The number of benzene rings is 3. The van der Waals surface area contributed by atoms with E-state index in [0.717, 1.165) is 31.6 Å². The van der Waals surface area contributed by atoms with Crippen LogP contribution in [-0.2, 0) is 9.53 Å². The molecule has 1 aliphatic heterocycles. The second-order valence-corrected chi connectivity index (χ2v) is 10.5. The van der Waals surface area contributed by atoms with Crippen LogP contribution >= 0.6 is 0 Å². The van der Waals surface area contributed by atoms with Crippen molar-refractivity contribution < 1.29 is 23.8 Å². The maximum Gasteiger partial charge on any atom is 0.513 e. The van der Waals surface area contributed by atoms with Crippen LogP contribution < -0.4 is 14.8 Å². The molecule has 0 radical (unpaired) electrons. The Balaban J connectivity index is 1.17. The number of rotatable bonds is 13. The third-order valence-corrected chi connectivity index (χ3v) is 7.66. The molecule has 1 saturated heterocycles. The quantitative estimate of drug-likeness (QED) is 0.0781. The third-order valence-electron chi connectivity index (χ3n) is 7.66. The molecule has 0 saturated carbocycles. The van der Waals surface area contributed by atoms with E-state index >= 15 is 0 Å². The number of likely N-dealkylation sites (tertiary alicyclic amines) is 1. The second-order valence-electron chi connectivity index (χ2n) is 10.5. The molecule has 1 amide bonds. The average Bonchev–Trinajstić information content (AvgIpc) is 3.04. The van der Waals surface area contributed by atoms with Gasteiger partial charge >= 0.3 is 6.16 Å². The predicted molar refractivity (Wildman–Crippen MR) is 170 cm³/mol. The number of nitrogens with one attached hydrogen (secondary N) is 1. The van der Waals surface area contributed by atoms with E-state index in [0.29, 0.717) is 24.1 Å². The zero-order valence-corrected chi connectivity index (χ0v) is 25.1. The van der Waals surface area contributed by atoms with Crippen molar-refractivity contribution in [2.45, 2.75) is 32.1 Å². The molecule has 226 valence electrons. The standard InChI is InChI=1S/C36H42N2O5/c1-3-42-36(40)43-32-20-19-28(27-33(32)41-2)13-10-11-18-34(39)37-23-12-24-38-25-21-31(22-26-38)35(29-14-6-4-7-15-29)30-16-8-5-9-17-30/h4-11,13-20,27,31,35H,3,12,21-26H2,1-2H3,(H,37,39). The Kier molecular flexibility index (Phi) is 12.4. The van der Waals surface area contributed by atoms with Gasteiger partial charge in [0.25, 0.3) is 0 Å². The molecule has 3 aromatic rings. The summed E-state index contributed by atoms with van der Waals surface area (Å²) in [6.07, 6.45) is 9.31. The molecule has 0 unspecified atom stereocenters. The second kappa shape index (κ2) is 16.9. The van der Waals surface area contributed by atoms with Gasteiger partial charge in [-0.15, -0.1) is 0 Å². The van der Waals surface area contributed by atoms with Crippen molar-refractivity contribution in [3.8, 4) is 11.5 Å². The number of amides is 1. The maximum atomic E-state index is 12.3. The largest absolute Gasteiger partial charge is 0.513 e. The van der Waals surface area contributed by atoms with Gasteiger partial charge in [-0.2, -0.15) is 0 Å². The first kappa shape index (κ1) is 31.6. The number of ether oxygens (including phenoxy) is 3. The first-order valence-electron chi connectivity index (χ1n) is 15.0. The Morgan fingerprint density at radius 2 is 1.60 bits per heavy atom. The molecule has 0 spiro atoms. The minimum atomic E-state index is -0.779. The first-order valence-corrected chi connectivity index (χ1v) is 15.0. The van der Waals surface area contributed by atoms with Gasteiger partial charge in [0.1, 0.15) is 0 Å². The van der Waals surface area contributed by atoms with Crippen molar-refractivity contribution in [2.75, 3.05) is 39.9 Å². The molecule has 0 bridgehead atoms. The Bertz CT molecular complexity index is 1310. The van der Waals surface area contributed by atoms with E-state index in [-0.39, 0.29) is 18.3 Å². The molecule has 1 fully saturated rings. The van der Waals surface area contributed by atoms with E-state index in [9.17, 15) is 9.59 Å². The van der Waals surface area contributed by atoms with E-state index in [2.05, 4.69) is 70.9 Å². The Morgan fingerprint density at radius 3 is 2.23 bits per heavy atom. The number of piperidine rings is 1. The lowest BCUT2D eigenvalue weighted by atomic mass is 9.76. The summed E-state index contributed by atoms with van der Waals surface area (Å²) in [6, 6.07) is 26.9. The molecule has 7 nitrogen and oxygen atoms in total. The lowest BCUT2D eigenvalue weighted by Gasteiger charge is -2.36. The fourth-order valence-electron chi connectivity index (χ4n) is 5.56. The van der Waals surface area contributed by atoms with Crippen molar-refractivity contribution in [1.82, 2.24) is 10.2 Å². The number of allylic oxidation sites excluding steroid dienone is 2. The van der Waals surface area contributed by atoms with Gasteiger partial charge in [0.15, 0.2) is 11.5 Å². The van der Waals surface area contributed by atoms with Gasteiger partial charge in [0.2, 0.25) is 5.91 Å². The Labute approximate surface area is 255 Å². The zero-order chi connectivity index (χ0) is 30.3. The predicted octanol–water partition coefficient (Wildman–Crippen LogP) is 6.85. The summed E-state index contributed by atoms with van der Waals surface area (Å²) in [6.45, 7) is 5.73. The molecule has 3 aromatic carbocycles. The van der Waals surface area contributed by atoms with Crippen LogP contribution in [-0.4, -0.2) is 56.9 Å². The lowest BCUT2D eigenvalue weighted by Crippen LogP contribution is -2.37. The van der Waals surface area contributed by atoms with E-state index in [4.69, 9.17) is 14.2 Å².